The molecule has 2 heterocycles. The summed E-state index contributed by atoms with van der Waals surface area (Å²) in [6.07, 6.45) is 0. The number of halogens is 1. The molecule has 0 aliphatic carbocycles. The van der Waals surface area contributed by atoms with Crippen molar-refractivity contribution in [2.45, 2.75) is 19.3 Å². The summed E-state index contributed by atoms with van der Waals surface area (Å²) in [5.41, 5.74) is 2.48. The molecule has 4 heteroatoms. The third kappa shape index (κ3) is 2.06. The smallest absolute Gasteiger partial charge is 0.0104 e. The van der Waals surface area contributed by atoms with Gasteiger partial charge in [-0.2, -0.15) is 0 Å². The van der Waals surface area contributed by atoms with Gasteiger partial charge in [0.05, 0.1) is 0 Å². The van der Waals surface area contributed by atoms with Crippen LogP contribution in [0.15, 0.2) is 6.07 Å². The van der Waals surface area contributed by atoms with Gasteiger partial charge in [-0.15, -0.1) is 0 Å². The Labute approximate surface area is 106 Å². The largest absolute Gasteiger partial charge is 0.459 e. The molecule has 0 atom stereocenters. The monoisotopic (exact) mass is 460 g/mol. The van der Waals surface area contributed by atoms with E-state index < -0.39 is 0 Å². The number of hydrogen-bond donors (Lipinski definition) is 1. The maximum atomic E-state index is 4.48. The molecular weight excluding hydrogens is 449 g/mol. The van der Waals surface area contributed by atoms with Crippen LogP contribution in [0.25, 0.3) is 0 Å². The summed E-state index contributed by atoms with van der Waals surface area (Å²) < 4.78 is 0.947. The van der Waals surface area contributed by atoms with Gasteiger partial charge in [-0.1, -0.05) is 19.5 Å². The van der Waals surface area contributed by atoms with Crippen molar-refractivity contribution in [3.63, 3.8) is 0 Å². The molecule has 1 N–H and O–H groups in total. The van der Waals surface area contributed by atoms with Gasteiger partial charge in [-0.3, -0.25) is 4.98 Å². The second-order valence-corrected chi connectivity index (χ2v) is 4.71. The van der Waals surface area contributed by atoms with Crippen LogP contribution in [0.1, 0.15) is 19.5 Å². The summed E-state index contributed by atoms with van der Waals surface area (Å²) in [4.78, 5) is 4.48. The number of anilines is 1. The Bertz CT molecular complexity index is 325. The second-order valence-electron chi connectivity index (χ2n) is 3.69. The maximum Gasteiger partial charge on any atom is 0.0104 e. The molecule has 2 rings (SSSR count). The van der Waals surface area contributed by atoms with Crippen molar-refractivity contribution < 1.29 is 20.4 Å². The molecule has 1 radical (unpaired) electrons. The van der Waals surface area contributed by atoms with E-state index in [1.54, 1.807) is 0 Å². The molecule has 1 aliphatic heterocycles. The minimum Gasteiger partial charge on any atom is -0.459 e. The average Bonchev–Trinajstić information content (AvgIpc) is 2.28. The minimum absolute atomic E-state index is 0. The Morgan fingerprint density at radius 3 is 3.00 bits per heavy atom. The standard InChI is InChI=1S/C9H10IN2.Re/c1-9(2)5-11-6-3-4-7(10)12-8(6)9;/h3,11H,5H2,1-2H3;/q-1;. The first kappa shape index (κ1) is 11.4. The van der Waals surface area contributed by atoms with Crippen LogP contribution in [0, 0.1) is 9.77 Å². The van der Waals surface area contributed by atoms with Crippen LogP contribution >= 0.6 is 22.6 Å². The molecule has 0 fully saturated rings. The van der Waals surface area contributed by atoms with Crippen molar-refractivity contribution >= 4 is 28.3 Å². The molecule has 0 saturated carbocycles. The molecule has 0 unspecified atom stereocenters. The van der Waals surface area contributed by atoms with Crippen molar-refractivity contribution in [3.8, 4) is 0 Å². The van der Waals surface area contributed by atoms with Gasteiger partial charge in [0.25, 0.3) is 0 Å². The molecule has 0 aromatic carbocycles. The van der Waals surface area contributed by atoms with E-state index in [4.69, 9.17) is 0 Å². The first-order valence-corrected chi connectivity index (χ1v) is 5.00. The summed E-state index contributed by atoms with van der Waals surface area (Å²) in [6.45, 7) is 5.38. The van der Waals surface area contributed by atoms with Crippen LogP contribution in [0.5, 0.6) is 0 Å². The third-order valence-corrected chi connectivity index (χ3v) is 2.72. The zero-order valence-corrected chi connectivity index (χ0v) is 12.4. The molecule has 13 heavy (non-hydrogen) atoms. The van der Waals surface area contributed by atoms with Crippen LogP contribution in [-0.2, 0) is 25.8 Å². The second kappa shape index (κ2) is 3.84. The van der Waals surface area contributed by atoms with E-state index in [9.17, 15) is 0 Å². The molecule has 1 aromatic heterocycles. The van der Waals surface area contributed by atoms with Crippen molar-refractivity contribution in [1.82, 2.24) is 4.98 Å². The van der Waals surface area contributed by atoms with E-state index >= 15 is 0 Å². The van der Waals surface area contributed by atoms with E-state index in [-0.39, 0.29) is 25.8 Å². The van der Waals surface area contributed by atoms with E-state index in [1.807, 2.05) is 6.07 Å². The average molecular weight is 459 g/mol. The van der Waals surface area contributed by atoms with Crippen molar-refractivity contribution in [2.24, 2.45) is 0 Å². The Hall–Kier alpha value is 0.342. The Balaban J connectivity index is 0.000000845. The quantitative estimate of drug-likeness (QED) is 0.366. The maximum absolute atomic E-state index is 4.48. The topological polar surface area (TPSA) is 24.9 Å². The van der Waals surface area contributed by atoms with E-state index in [0.717, 1.165) is 15.9 Å². The van der Waals surface area contributed by atoms with Crippen molar-refractivity contribution in [3.05, 3.63) is 21.5 Å². The summed E-state index contributed by atoms with van der Waals surface area (Å²) >= 11 is 2.20. The molecule has 2 nitrogen and oxygen atoms in total. The van der Waals surface area contributed by atoms with Gasteiger partial charge in [0, 0.05) is 36.1 Å². The summed E-state index contributed by atoms with van der Waals surface area (Å²) in [7, 11) is 0. The molecule has 0 bridgehead atoms. The SMILES string of the molecule is CC1(C)CNc2c[c-]c(I)nc21.[Re]. The van der Waals surface area contributed by atoms with Crippen LogP contribution in [0.2, 0.25) is 0 Å². The van der Waals surface area contributed by atoms with Crippen molar-refractivity contribution in [1.29, 1.82) is 0 Å². The normalized spacial score (nSPS) is 17.2. The van der Waals surface area contributed by atoms with Crippen LogP contribution < -0.4 is 5.32 Å². The van der Waals surface area contributed by atoms with Gasteiger partial charge < -0.3 is 5.32 Å². The summed E-state index contributed by atoms with van der Waals surface area (Å²) in [6, 6.07) is 5.07. The fraction of sp³-hybridized carbons (Fsp3) is 0.444. The minimum atomic E-state index is 0. The van der Waals surface area contributed by atoms with Gasteiger partial charge in [0.2, 0.25) is 0 Å². The van der Waals surface area contributed by atoms with Crippen molar-refractivity contribution in [2.75, 3.05) is 11.9 Å². The predicted octanol–water partition coefficient (Wildman–Crippen LogP) is 2.19. The van der Waals surface area contributed by atoms with Gasteiger partial charge in [0.1, 0.15) is 0 Å². The van der Waals surface area contributed by atoms with Crippen LogP contribution in [0.3, 0.4) is 0 Å². The van der Waals surface area contributed by atoms with Gasteiger partial charge in [-0.25, -0.2) is 12.1 Å². The number of aromatic nitrogens is 1. The zero-order chi connectivity index (χ0) is 8.77. The van der Waals surface area contributed by atoms with Gasteiger partial charge in [-0.05, 0) is 28.3 Å². The third-order valence-electron chi connectivity index (χ3n) is 2.16. The molecule has 1 aliphatic rings. The van der Waals surface area contributed by atoms with E-state index in [2.05, 4.69) is 52.8 Å². The molecule has 71 valence electrons. The van der Waals surface area contributed by atoms with Gasteiger partial charge in [0.15, 0.2) is 0 Å². The number of hydrogen-bond acceptors (Lipinski definition) is 2. The fourth-order valence-corrected chi connectivity index (χ4v) is 1.84. The molecule has 0 amide bonds. The number of nitrogens with one attached hydrogen (secondary N) is 1. The number of fused-ring (bicyclic) bond motifs is 1. The number of rotatable bonds is 0. The Morgan fingerprint density at radius 2 is 2.31 bits per heavy atom. The first-order chi connectivity index (χ1) is 5.59. The predicted molar refractivity (Wildman–Crippen MR) is 57.3 cm³/mol. The summed E-state index contributed by atoms with van der Waals surface area (Å²) in [5.74, 6) is 0. The summed E-state index contributed by atoms with van der Waals surface area (Å²) in [5, 5.41) is 3.32. The molecule has 1 aromatic rings. The molecule has 0 saturated heterocycles. The van der Waals surface area contributed by atoms with Gasteiger partial charge >= 0.3 is 0 Å². The van der Waals surface area contributed by atoms with Crippen LogP contribution in [-0.4, -0.2) is 11.5 Å². The molecule has 0 spiro atoms. The number of nitrogens with zero attached hydrogens (tertiary/aromatic N) is 1. The fourth-order valence-electron chi connectivity index (χ4n) is 1.44. The van der Waals surface area contributed by atoms with E-state index in [0.29, 0.717) is 0 Å². The Kier molecular flexibility index (Phi) is 3.37. The van der Waals surface area contributed by atoms with Crippen LogP contribution in [0.4, 0.5) is 5.69 Å². The molecular formula is C9H10IN2Re-. The first-order valence-electron chi connectivity index (χ1n) is 3.92. The number of pyridine rings is 1. The zero-order valence-electron chi connectivity index (χ0n) is 7.49. The van der Waals surface area contributed by atoms with E-state index in [1.165, 1.54) is 5.69 Å². The Morgan fingerprint density at radius 1 is 1.62 bits per heavy atom.